The number of amides is 1. The van der Waals surface area contributed by atoms with Crippen LogP contribution < -0.4 is 11.1 Å². The lowest BCUT2D eigenvalue weighted by atomic mass is 10.0. The number of ether oxygens (including phenoxy) is 2. The van der Waals surface area contributed by atoms with Gasteiger partial charge in [0.1, 0.15) is 5.60 Å². The molecule has 1 aromatic rings. The van der Waals surface area contributed by atoms with Crippen molar-refractivity contribution < 1.29 is 14.3 Å². The molecule has 1 aromatic carbocycles. The lowest BCUT2D eigenvalue weighted by molar-refractivity contribution is -0.00618. The van der Waals surface area contributed by atoms with Gasteiger partial charge in [0, 0.05) is 46.3 Å². The van der Waals surface area contributed by atoms with Crippen LogP contribution in [0.4, 0.5) is 11.4 Å². The molecule has 0 aliphatic carbocycles. The molecule has 0 radical (unpaired) electrons. The molecule has 21 heavy (non-hydrogen) atoms. The number of carbonyl (C=O) groups excluding carboxylic acids is 1. The summed E-state index contributed by atoms with van der Waals surface area (Å²) in [4.78, 5) is 13.5. The molecule has 6 nitrogen and oxygen atoms in total. The Morgan fingerprint density at radius 2 is 2.29 bits per heavy atom. The van der Waals surface area contributed by atoms with E-state index in [-0.39, 0.29) is 11.5 Å². The van der Waals surface area contributed by atoms with E-state index in [1.807, 2.05) is 0 Å². The van der Waals surface area contributed by atoms with Gasteiger partial charge in [-0.1, -0.05) is 0 Å². The topological polar surface area (TPSA) is 76.8 Å². The van der Waals surface area contributed by atoms with Gasteiger partial charge in [0.2, 0.25) is 0 Å². The largest absolute Gasteiger partial charge is 0.397 e. The molecule has 1 heterocycles. The molecule has 0 spiro atoms. The van der Waals surface area contributed by atoms with Crippen molar-refractivity contribution in [2.75, 3.05) is 52.0 Å². The van der Waals surface area contributed by atoms with Gasteiger partial charge in [0.25, 0.3) is 5.91 Å². The fourth-order valence-corrected chi connectivity index (χ4v) is 2.32. The second-order valence-electron chi connectivity index (χ2n) is 5.54. The number of carbonyl (C=O) groups is 1. The van der Waals surface area contributed by atoms with E-state index in [9.17, 15) is 4.79 Å². The number of nitrogen functional groups attached to an aromatic ring is 1. The molecule has 1 aliphatic heterocycles. The van der Waals surface area contributed by atoms with E-state index < -0.39 is 0 Å². The molecule has 0 bridgehead atoms. The van der Waals surface area contributed by atoms with Crippen LogP contribution in [0.15, 0.2) is 18.2 Å². The molecule has 1 unspecified atom stereocenters. The zero-order valence-corrected chi connectivity index (χ0v) is 12.8. The molecule has 1 fully saturated rings. The number of nitrogens with one attached hydrogen (secondary N) is 1. The normalized spacial score (nSPS) is 21.3. The summed E-state index contributed by atoms with van der Waals surface area (Å²) in [6, 6.07) is 5.24. The molecule has 1 aliphatic rings. The Hall–Kier alpha value is -1.79. The number of benzene rings is 1. The molecule has 1 saturated heterocycles. The van der Waals surface area contributed by atoms with Gasteiger partial charge in [0.05, 0.1) is 18.0 Å². The summed E-state index contributed by atoms with van der Waals surface area (Å²) >= 11 is 0. The van der Waals surface area contributed by atoms with Crippen LogP contribution >= 0.6 is 0 Å². The van der Waals surface area contributed by atoms with Crippen molar-refractivity contribution in [2.24, 2.45) is 0 Å². The zero-order chi connectivity index (χ0) is 15.5. The summed E-state index contributed by atoms with van der Waals surface area (Å²) < 4.78 is 11.0. The minimum absolute atomic E-state index is 0.0521. The van der Waals surface area contributed by atoms with E-state index in [0.29, 0.717) is 31.0 Å². The minimum Gasteiger partial charge on any atom is -0.397 e. The number of nitrogens with zero attached hydrogens (tertiary/aromatic N) is 1. The SMILES string of the molecule is COC1(CNc2cc(C(=O)N(C)C)ccc2N)CCOC1. The predicted octanol–water partition coefficient (Wildman–Crippen LogP) is 1.19. The number of hydrogen-bond donors (Lipinski definition) is 2. The average molecular weight is 293 g/mol. The van der Waals surface area contributed by atoms with Gasteiger partial charge in [-0.15, -0.1) is 0 Å². The molecular formula is C15H23N3O3. The number of rotatable bonds is 5. The highest BCUT2D eigenvalue weighted by Crippen LogP contribution is 2.26. The first-order valence-electron chi connectivity index (χ1n) is 6.95. The van der Waals surface area contributed by atoms with Gasteiger partial charge in [-0.25, -0.2) is 0 Å². The number of anilines is 2. The van der Waals surface area contributed by atoms with E-state index in [2.05, 4.69) is 5.32 Å². The van der Waals surface area contributed by atoms with E-state index in [4.69, 9.17) is 15.2 Å². The second kappa shape index (κ2) is 6.32. The van der Waals surface area contributed by atoms with Crippen LogP contribution in [0.1, 0.15) is 16.8 Å². The zero-order valence-electron chi connectivity index (χ0n) is 12.8. The fourth-order valence-electron chi connectivity index (χ4n) is 2.32. The summed E-state index contributed by atoms with van der Waals surface area (Å²) in [6.07, 6.45) is 0.840. The maximum atomic E-state index is 12.0. The Bertz CT molecular complexity index is 511. The van der Waals surface area contributed by atoms with Crippen molar-refractivity contribution in [1.29, 1.82) is 0 Å². The van der Waals surface area contributed by atoms with Gasteiger partial charge in [-0.05, 0) is 18.2 Å². The van der Waals surface area contributed by atoms with Crippen molar-refractivity contribution in [3.8, 4) is 0 Å². The smallest absolute Gasteiger partial charge is 0.253 e. The van der Waals surface area contributed by atoms with Gasteiger partial charge >= 0.3 is 0 Å². The minimum atomic E-state index is -0.325. The van der Waals surface area contributed by atoms with Crippen molar-refractivity contribution >= 4 is 17.3 Å². The van der Waals surface area contributed by atoms with E-state index in [0.717, 1.165) is 12.1 Å². The van der Waals surface area contributed by atoms with E-state index in [1.54, 1.807) is 39.4 Å². The lowest BCUT2D eigenvalue weighted by Gasteiger charge is -2.27. The van der Waals surface area contributed by atoms with E-state index >= 15 is 0 Å². The summed E-state index contributed by atoms with van der Waals surface area (Å²) in [6.45, 7) is 1.85. The van der Waals surface area contributed by atoms with Crippen LogP contribution in [0.25, 0.3) is 0 Å². The summed E-state index contributed by atoms with van der Waals surface area (Å²) in [7, 11) is 5.13. The highest BCUT2D eigenvalue weighted by molar-refractivity contribution is 5.95. The van der Waals surface area contributed by atoms with Crippen molar-refractivity contribution in [3.05, 3.63) is 23.8 Å². The molecule has 2 rings (SSSR count). The molecule has 1 amide bonds. The quantitative estimate of drug-likeness (QED) is 0.797. The summed E-state index contributed by atoms with van der Waals surface area (Å²) in [5, 5.41) is 3.28. The van der Waals surface area contributed by atoms with Crippen LogP contribution in [0, 0.1) is 0 Å². The third-order valence-electron chi connectivity index (χ3n) is 3.81. The third kappa shape index (κ3) is 3.46. The number of hydrogen-bond acceptors (Lipinski definition) is 5. The monoisotopic (exact) mass is 293 g/mol. The predicted molar refractivity (Wildman–Crippen MR) is 82.5 cm³/mol. The van der Waals surface area contributed by atoms with Gasteiger partial charge < -0.3 is 25.4 Å². The second-order valence-corrected chi connectivity index (χ2v) is 5.54. The van der Waals surface area contributed by atoms with Crippen molar-refractivity contribution in [2.45, 2.75) is 12.0 Å². The van der Waals surface area contributed by atoms with E-state index in [1.165, 1.54) is 4.90 Å². The fraction of sp³-hybridized carbons (Fsp3) is 0.533. The van der Waals surface area contributed by atoms with Crippen molar-refractivity contribution in [3.63, 3.8) is 0 Å². The van der Waals surface area contributed by atoms with Gasteiger partial charge in [-0.3, -0.25) is 4.79 Å². The highest BCUT2D eigenvalue weighted by atomic mass is 16.5. The number of methoxy groups -OCH3 is 1. The molecule has 116 valence electrons. The van der Waals surface area contributed by atoms with Crippen LogP contribution in [-0.4, -0.2) is 57.4 Å². The third-order valence-corrected chi connectivity index (χ3v) is 3.81. The standard InChI is InChI=1S/C15H23N3O3/c1-18(2)14(19)11-4-5-12(16)13(8-11)17-9-15(20-3)6-7-21-10-15/h4-5,8,17H,6-7,9-10,16H2,1-3H3. The molecule has 6 heteroatoms. The first kappa shape index (κ1) is 15.6. The summed E-state index contributed by atoms with van der Waals surface area (Å²) in [5.74, 6) is -0.0521. The van der Waals surface area contributed by atoms with Crippen LogP contribution in [-0.2, 0) is 9.47 Å². The maximum Gasteiger partial charge on any atom is 0.253 e. The van der Waals surface area contributed by atoms with Crippen LogP contribution in [0.3, 0.4) is 0 Å². The lowest BCUT2D eigenvalue weighted by Crippen LogP contribution is -2.39. The molecule has 0 saturated carbocycles. The Morgan fingerprint density at radius 1 is 1.52 bits per heavy atom. The Morgan fingerprint density at radius 3 is 2.86 bits per heavy atom. The highest BCUT2D eigenvalue weighted by Gasteiger charge is 2.34. The first-order valence-corrected chi connectivity index (χ1v) is 6.95. The molecule has 0 aromatic heterocycles. The number of nitrogens with two attached hydrogens (primary N) is 1. The van der Waals surface area contributed by atoms with Gasteiger partial charge in [0.15, 0.2) is 0 Å². The first-order chi connectivity index (χ1) is 9.97. The molecule has 3 N–H and O–H groups in total. The Labute approximate surface area is 125 Å². The van der Waals surface area contributed by atoms with Crippen molar-refractivity contribution in [1.82, 2.24) is 4.90 Å². The average Bonchev–Trinajstić information content (AvgIpc) is 2.95. The maximum absolute atomic E-state index is 12.0. The van der Waals surface area contributed by atoms with Crippen LogP contribution in [0.5, 0.6) is 0 Å². The molecule has 1 atom stereocenters. The molecular weight excluding hydrogens is 270 g/mol. The Balaban J connectivity index is 2.12. The summed E-state index contributed by atoms with van der Waals surface area (Å²) in [5.41, 5.74) is 7.60. The van der Waals surface area contributed by atoms with Gasteiger partial charge in [-0.2, -0.15) is 0 Å². The Kier molecular flexibility index (Phi) is 4.69. The van der Waals surface area contributed by atoms with Crippen LogP contribution in [0.2, 0.25) is 0 Å².